The lowest BCUT2D eigenvalue weighted by molar-refractivity contribution is -0.137. The second-order valence-electron chi connectivity index (χ2n) is 5.68. The van der Waals surface area contributed by atoms with Crippen LogP contribution in [0.25, 0.3) is 0 Å². The van der Waals surface area contributed by atoms with E-state index in [0.717, 1.165) is 37.8 Å². The van der Waals surface area contributed by atoms with Gasteiger partial charge in [0.15, 0.2) is 0 Å². The quantitative estimate of drug-likeness (QED) is 0.829. The number of hydrogen-bond donors (Lipinski definition) is 0. The molecule has 0 bridgehead atoms. The molecular formula is C15H26N4OS. The van der Waals surface area contributed by atoms with Gasteiger partial charge in [-0.2, -0.15) is 11.8 Å². The van der Waals surface area contributed by atoms with Crippen LogP contribution < -0.4 is 0 Å². The number of amides is 1. The van der Waals surface area contributed by atoms with Crippen molar-refractivity contribution in [3.05, 3.63) is 18.2 Å². The van der Waals surface area contributed by atoms with E-state index in [4.69, 9.17) is 0 Å². The van der Waals surface area contributed by atoms with Gasteiger partial charge in [0.2, 0.25) is 5.91 Å². The summed E-state index contributed by atoms with van der Waals surface area (Å²) in [5, 5.41) is 0. The number of rotatable bonds is 5. The number of carbonyl (C=O) groups is 1. The van der Waals surface area contributed by atoms with Gasteiger partial charge in [-0.3, -0.25) is 9.69 Å². The molecule has 1 saturated heterocycles. The summed E-state index contributed by atoms with van der Waals surface area (Å²) in [5.74, 6) is 2.31. The molecule has 2 heterocycles. The van der Waals surface area contributed by atoms with Gasteiger partial charge in [-0.1, -0.05) is 13.8 Å². The Bertz CT molecular complexity index is 476. The molecule has 2 atom stereocenters. The van der Waals surface area contributed by atoms with E-state index < -0.39 is 0 Å². The van der Waals surface area contributed by atoms with Crippen LogP contribution in [0.5, 0.6) is 0 Å². The maximum Gasteiger partial charge on any atom is 0.226 e. The zero-order valence-electron chi connectivity index (χ0n) is 13.5. The molecule has 0 unspecified atom stereocenters. The molecule has 2 rings (SSSR count). The SMILES string of the molecule is CCN1CCN(C(=O)[C@@H](C)CSC)C[C@H]1c1nccn1C. The van der Waals surface area contributed by atoms with Gasteiger partial charge in [0.05, 0.1) is 6.04 Å². The van der Waals surface area contributed by atoms with Crippen molar-refractivity contribution in [2.45, 2.75) is 19.9 Å². The Morgan fingerprint density at radius 3 is 2.86 bits per heavy atom. The van der Waals surface area contributed by atoms with Crippen molar-refractivity contribution in [2.75, 3.05) is 38.2 Å². The van der Waals surface area contributed by atoms with Crippen LogP contribution in [0.4, 0.5) is 0 Å². The van der Waals surface area contributed by atoms with Crippen LogP contribution >= 0.6 is 11.8 Å². The van der Waals surface area contributed by atoms with Crippen molar-refractivity contribution >= 4 is 17.7 Å². The predicted octanol–water partition coefficient (Wildman–Crippen LogP) is 1.62. The standard InChI is InChI=1S/C15H26N4OS/c1-5-18-8-9-19(15(20)12(2)11-21-4)10-13(18)14-16-6-7-17(14)3/h6-7,12-13H,5,8-11H2,1-4H3/t12-,13-/m0/s1. The molecule has 6 heteroatoms. The number of likely N-dealkylation sites (N-methyl/N-ethyl adjacent to an activating group) is 1. The number of aromatic nitrogens is 2. The molecule has 0 radical (unpaired) electrons. The molecule has 118 valence electrons. The normalized spacial score (nSPS) is 21.5. The highest BCUT2D eigenvalue weighted by Gasteiger charge is 2.33. The van der Waals surface area contributed by atoms with Crippen molar-refractivity contribution in [2.24, 2.45) is 13.0 Å². The Morgan fingerprint density at radius 1 is 1.52 bits per heavy atom. The van der Waals surface area contributed by atoms with Crippen LogP contribution in [0.2, 0.25) is 0 Å². The van der Waals surface area contributed by atoms with Crippen molar-refractivity contribution < 1.29 is 4.79 Å². The Labute approximate surface area is 131 Å². The molecular weight excluding hydrogens is 284 g/mol. The van der Waals surface area contributed by atoms with E-state index in [1.165, 1.54) is 0 Å². The Hall–Kier alpha value is -1.01. The molecule has 0 N–H and O–H groups in total. The first-order valence-corrected chi connectivity index (χ1v) is 8.96. The fraction of sp³-hybridized carbons (Fsp3) is 0.733. The summed E-state index contributed by atoms with van der Waals surface area (Å²) in [6, 6.07) is 0.203. The second kappa shape index (κ2) is 7.31. The highest BCUT2D eigenvalue weighted by atomic mass is 32.2. The van der Waals surface area contributed by atoms with Crippen LogP contribution in [0.3, 0.4) is 0 Å². The second-order valence-corrected chi connectivity index (χ2v) is 6.59. The van der Waals surface area contributed by atoms with Gasteiger partial charge < -0.3 is 9.47 Å². The fourth-order valence-corrected chi connectivity index (χ4v) is 3.62. The minimum absolute atomic E-state index is 0.0928. The summed E-state index contributed by atoms with van der Waals surface area (Å²) in [7, 11) is 2.02. The van der Waals surface area contributed by atoms with Gasteiger partial charge in [-0.05, 0) is 12.8 Å². The molecule has 1 aromatic heterocycles. The van der Waals surface area contributed by atoms with Crippen LogP contribution in [-0.4, -0.2) is 63.4 Å². The van der Waals surface area contributed by atoms with Crippen molar-refractivity contribution in [3.8, 4) is 0 Å². The molecule has 1 aromatic rings. The summed E-state index contributed by atoms with van der Waals surface area (Å²) >= 11 is 1.73. The van der Waals surface area contributed by atoms with E-state index in [0.29, 0.717) is 0 Å². The Morgan fingerprint density at radius 2 is 2.29 bits per heavy atom. The molecule has 1 amide bonds. The lowest BCUT2D eigenvalue weighted by Crippen LogP contribution is -2.52. The van der Waals surface area contributed by atoms with Gasteiger partial charge in [0.25, 0.3) is 0 Å². The number of nitrogens with zero attached hydrogens (tertiary/aromatic N) is 4. The van der Waals surface area contributed by atoms with E-state index >= 15 is 0 Å². The summed E-state index contributed by atoms with van der Waals surface area (Å²) in [6.45, 7) is 7.68. The van der Waals surface area contributed by atoms with E-state index in [1.54, 1.807) is 11.8 Å². The average molecular weight is 310 g/mol. The smallest absolute Gasteiger partial charge is 0.226 e. The first-order valence-electron chi connectivity index (χ1n) is 7.57. The summed E-state index contributed by atoms with van der Waals surface area (Å²) in [4.78, 5) is 21.5. The van der Waals surface area contributed by atoms with Crippen LogP contribution in [0.15, 0.2) is 12.4 Å². The van der Waals surface area contributed by atoms with Crippen LogP contribution in [0.1, 0.15) is 25.7 Å². The topological polar surface area (TPSA) is 41.4 Å². The Kier molecular flexibility index (Phi) is 5.70. The van der Waals surface area contributed by atoms with Crippen molar-refractivity contribution in [1.29, 1.82) is 0 Å². The number of piperazine rings is 1. The van der Waals surface area contributed by atoms with E-state index in [-0.39, 0.29) is 17.9 Å². The van der Waals surface area contributed by atoms with Gasteiger partial charge in [-0.25, -0.2) is 4.98 Å². The van der Waals surface area contributed by atoms with Gasteiger partial charge in [0, 0.05) is 50.7 Å². The van der Waals surface area contributed by atoms with E-state index in [2.05, 4.69) is 27.6 Å². The maximum atomic E-state index is 12.5. The van der Waals surface area contributed by atoms with Crippen molar-refractivity contribution in [3.63, 3.8) is 0 Å². The molecule has 1 fully saturated rings. The number of thioether (sulfide) groups is 1. The van der Waals surface area contributed by atoms with E-state index in [9.17, 15) is 4.79 Å². The lowest BCUT2D eigenvalue weighted by Gasteiger charge is -2.41. The molecule has 0 aromatic carbocycles. The zero-order chi connectivity index (χ0) is 15.4. The maximum absolute atomic E-state index is 12.5. The van der Waals surface area contributed by atoms with Crippen molar-refractivity contribution in [1.82, 2.24) is 19.4 Å². The third-order valence-corrected chi connectivity index (χ3v) is 5.04. The predicted molar refractivity (Wildman–Crippen MR) is 87.3 cm³/mol. The lowest BCUT2D eigenvalue weighted by atomic mass is 10.1. The van der Waals surface area contributed by atoms with Crippen LogP contribution in [-0.2, 0) is 11.8 Å². The highest BCUT2D eigenvalue weighted by Crippen LogP contribution is 2.25. The number of hydrogen-bond acceptors (Lipinski definition) is 4. The number of aryl methyl sites for hydroxylation is 1. The van der Waals surface area contributed by atoms with Crippen LogP contribution in [0, 0.1) is 5.92 Å². The largest absolute Gasteiger partial charge is 0.339 e. The highest BCUT2D eigenvalue weighted by molar-refractivity contribution is 7.98. The molecule has 5 nitrogen and oxygen atoms in total. The molecule has 0 saturated carbocycles. The average Bonchev–Trinajstić information content (AvgIpc) is 2.92. The third-order valence-electron chi connectivity index (χ3n) is 4.20. The van der Waals surface area contributed by atoms with Gasteiger partial charge >= 0.3 is 0 Å². The summed E-state index contributed by atoms with van der Waals surface area (Å²) in [5.41, 5.74) is 0. The fourth-order valence-electron chi connectivity index (χ4n) is 2.98. The molecule has 21 heavy (non-hydrogen) atoms. The summed E-state index contributed by atoms with van der Waals surface area (Å²) < 4.78 is 2.06. The van der Waals surface area contributed by atoms with E-state index in [1.807, 2.05) is 31.3 Å². The first-order chi connectivity index (χ1) is 10.1. The van der Waals surface area contributed by atoms with Gasteiger partial charge in [-0.15, -0.1) is 0 Å². The van der Waals surface area contributed by atoms with Gasteiger partial charge in [0.1, 0.15) is 5.82 Å². The minimum Gasteiger partial charge on any atom is -0.339 e. The molecule has 1 aliphatic rings. The zero-order valence-corrected chi connectivity index (χ0v) is 14.3. The monoisotopic (exact) mass is 310 g/mol. The Balaban J connectivity index is 2.12. The number of imidazole rings is 1. The third kappa shape index (κ3) is 3.61. The first kappa shape index (κ1) is 16.4. The molecule has 1 aliphatic heterocycles. The number of carbonyl (C=O) groups excluding carboxylic acids is 1. The molecule has 0 spiro atoms. The minimum atomic E-state index is 0.0928. The summed E-state index contributed by atoms with van der Waals surface area (Å²) in [6.07, 6.45) is 5.86. The molecule has 0 aliphatic carbocycles.